The van der Waals surface area contributed by atoms with Crippen molar-refractivity contribution in [1.82, 2.24) is 15.0 Å². The second-order valence-corrected chi connectivity index (χ2v) is 8.88. The van der Waals surface area contributed by atoms with E-state index in [4.69, 9.17) is 4.74 Å². The summed E-state index contributed by atoms with van der Waals surface area (Å²) in [6, 6.07) is 7.46. The van der Waals surface area contributed by atoms with Crippen LogP contribution in [0.5, 0.6) is 5.88 Å². The molecule has 3 aromatic rings. The van der Waals surface area contributed by atoms with Crippen molar-refractivity contribution in [2.45, 2.75) is 26.9 Å². The van der Waals surface area contributed by atoms with Gasteiger partial charge in [0.25, 0.3) is 0 Å². The van der Waals surface area contributed by atoms with E-state index in [9.17, 15) is 4.21 Å². The van der Waals surface area contributed by atoms with Crippen LogP contribution in [0.25, 0.3) is 10.9 Å². The Bertz CT molecular complexity index is 1080. The molecule has 27 heavy (non-hydrogen) atoms. The van der Waals surface area contributed by atoms with Crippen molar-refractivity contribution < 1.29 is 8.95 Å². The molecule has 1 unspecified atom stereocenters. The average molecular weight is 385 g/mol. The number of aryl methyl sites for hydroxylation is 1. The molecule has 1 aromatic carbocycles. The first-order valence-corrected chi connectivity index (χ1v) is 10.6. The fourth-order valence-corrected chi connectivity index (χ4v) is 3.34. The number of hydrogen-bond donors (Lipinski definition) is 2. The number of ether oxygens (including phenoxy) is 1. The Balaban J connectivity index is 2.04. The zero-order chi connectivity index (χ0) is 19.6. The van der Waals surface area contributed by atoms with Crippen LogP contribution in [0.2, 0.25) is 0 Å². The summed E-state index contributed by atoms with van der Waals surface area (Å²) in [5, 5.41) is 4.17. The van der Waals surface area contributed by atoms with Crippen LogP contribution in [0.15, 0.2) is 36.8 Å². The van der Waals surface area contributed by atoms with Crippen molar-refractivity contribution in [2.24, 2.45) is 0 Å². The second kappa shape index (κ2) is 7.40. The lowest BCUT2D eigenvalue weighted by Crippen LogP contribution is -2.10. The summed E-state index contributed by atoms with van der Waals surface area (Å²) >= 11 is 0. The van der Waals surface area contributed by atoms with Gasteiger partial charge in [-0.05, 0) is 56.5 Å². The standard InChI is InChI=1S/C19H23N5O2S/c1-12(2)26-19-15(7-6-8-20-19)23-18-17-13(3)9-14(24-27(4,5)25)10-16(17)21-11-22-18/h6-12H,4H2,1-3,5H3,(H,24,25)(H,21,22,23). The molecule has 0 radical (unpaired) electrons. The number of nitrogens with zero attached hydrogens (tertiary/aromatic N) is 3. The predicted molar refractivity (Wildman–Crippen MR) is 112 cm³/mol. The molecule has 2 aromatic heterocycles. The second-order valence-electron chi connectivity index (χ2n) is 6.66. The minimum atomic E-state index is -2.37. The van der Waals surface area contributed by atoms with Crippen LogP contribution in [-0.4, -0.2) is 37.4 Å². The van der Waals surface area contributed by atoms with Crippen LogP contribution in [0.4, 0.5) is 17.2 Å². The van der Waals surface area contributed by atoms with Crippen molar-refractivity contribution in [1.29, 1.82) is 0 Å². The lowest BCUT2D eigenvalue weighted by atomic mass is 10.1. The molecule has 1 atom stereocenters. The van der Waals surface area contributed by atoms with E-state index in [1.54, 1.807) is 12.5 Å². The fourth-order valence-electron chi connectivity index (χ4n) is 2.73. The number of aromatic nitrogens is 3. The minimum absolute atomic E-state index is 0.00418. The zero-order valence-electron chi connectivity index (χ0n) is 15.8. The highest BCUT2D eigenvalue weighted by Crippen LogP contribution is 2.31. The summed E-state index contributed by atoms with van der Waals surface area (Å²) < 4.78 is 20.6. The third kappa shape index (κ3) is 4.65. The first-order valence-electron chi connectivity index (χ1n) is 8.47. The van der Waals surface area contributed by atoms with E-state index in [2.05, 4.69) is 30.9 Å². The lowest BCUT2D eigenvalue weighted by Gasteiger charge is -2.16. The lowest BCUT2D eigenvalue weighted by molar-refractivity contribution is 0.234. The van der Waals surface area contributed by atoms with Gasteiger partial charge in [0.1, 0.15) is 17.8 Å². The number of anilines is 3. The fraction of sp³-hybridized carbons (Fsp3) is 0.263. The normalized spacial score (nSPS) is 13.4. The summed E-state index contributed by atoms with van der Waals surface area (Å²) in [7, 11) is -2.37. The Morgan fingerprint density at radius 2 is 2.00 bits per heavy atom. The van der Waals surface area contributed by atoms with Crippen LogP contribution >= 0.6 is 0 Å². The summed E-state index contributed by atoms with van der Waals surface area (Å²) in [6.45, 7) is 5.86. The quantitative estimate of drug-likeness (QED) is 0.631. The van der Waals surface area contributed by atoms with Gasteiger partial charge in [-0.3, -0.25) is 0 Å². The minimum Gasteiger partial charge on any atom is -0.473 e. The molecule has 0 bridgehead atoms. The molecular weight excluding hydrogens is 362 g/mol. The summed E-state index contributed by atoms with van der Waals surface area (Å²) in [6.07, 6.45) is 4.73. The Morgan fingerprint density at radius 3 is 2.70 bits per heavy atom. The molecule has 2 heterocycles. The molecule has 142 valence electrons. The van der Waals surface area contributed by atoms with Gasteiger partial charge in [-0.2, -0.15) is 0 Å². The maximum absolute atomic E-state index is 11.9. The van der Waals surface area contributed by atoms with E-state index in [0.717, 1.165) is 22.2 Å². The molecule has 8 heteroatoms. The molecular formula is C19H23N5O2S. The first-order chi connectivity index (χ1) is 12.7. The molecule has 0 spiro atoms. The summed E-state index contributed by atoms with van der Waals surface area (Å²) in [4.78, 5) is 13.0. The Kier molecular flexibility index (Phi) is 5.18. The maximum atomic E-state index is 11.9. The van der Waals surface area contributed by atoms with Crippen molar-refractivity contribution in [3.05, 3.63) is 42.4 Å². The van der Waals surface area contributed by atoms with Crippen LogP contribution in [0, 0.1) is 6.92 Å². The van der Waals surface area contributed by atoms with E-state index in [-0.39, 0.29) is 6.10 Å². The highest BCUT2D eigenvalue weighted by atomic mass is 32.2. The summed E-state index contributed by atoms with van der Waals surface area (Å²) in [5.74, 6) is 4.80. The third-order valence-electron chi connectivity index (χ3n) is 3.64. The maximum Gasteiger partial charge on any atom is 0.237 e. The number of hydrogen-bond acceptors (Lipinski definition) is 6. The smallest absolute Gasteiger partial charge is 0.237 e. The SMILES string of the molecule is C=S(C)(=O)Nc1cc(C)c2c(Nc3cccnc3OC(C)C)ncnc2c1. The van der Waals surface area contributed by atoms with Crippen molar-refractivity contribution in [2.75, 3.05) is 16.3 Å². The van der Waals surface area contributed by atoms with Crippen LogP contribution < -0.4 is 14.8 Å². The molecule has 0 aliphatic carbocycles. The highest BCUT2D eigenvalue weighted by molar-refractivity contribution is 8.00. The van der Waals surface area contributed by atoms with E-state index < -0.39 is 9.71 Å². The molecule has 3 rings (SSSR count). The first kappa shape index (κ1) is 18.9. The van der Waals surface area contributed by atoms with Gasteiger partial charge in [0.15, 0.2) is 0 Å². The van der Waals surface area contributed by atoms with Gasteiger partial charge in [0.2, 0.25) is 5.88 Å². The van der Waals surface area contributed by atoms with E-state index in [0.29, 0.717) is 17.4 Å². The summed E-state index contributed by atoms with van der Waals surface area (Å²) in [5.41, 5.74) is 3.10. The number of rotatable bonds is 6. The van der Waals surface area contributed by atoms with Gasteiger partial charge in [0, 0.05) is 33.2 Å². The Hall–Kier alpha value is -2.87. The highest BCUT2D eigenvalue weighted by Gasteiger charge is 2.13. The van der Waals surface area contributed by atoms with Crippen molar-refractivity contribution >= 4 is 43.7 Å². The average Bonchev–Trinajstić information content (AvgIpc) is 2.54. The van der Waals surface area contributed by atoms with Gasteiger partial charge < -0.3 is 14.8 Å². The van der Waals surface area contributed by atoms with Crippen LogP contribution in [0.1, 0.15) is 19.4 Å². The topological polar surface area (TPSA) is 89.0 Å². The van der Waals surface area contributed by atoms with E-state index in [1.165, 1.54) is 6.33 Å². The molecule has 7 nitrogen and oxygen atoms in total. The predicted octanol–water partition coefficient (Wildman–Crippen LogP) is 3.54. The molecule has 0 aliphatic rings. The van der Waals surface area contributed by atoms with E-state index >= 15 is 0 Å². The van der Waals surface area contributed by atoms with Crippen LogP contribution in [-0.2, 0) is 9.71 Å². The monoisotopic (exact) mass is 385 g/mol. The van der Waals surface area contributed by atoms with Crippen molar-refractivity contribution in [3.8, 4) is 5.88 Å². The number of fused-ring (bicyclic) bond motifs is 1. The van der Waals surface area contributed by atoms with Crippen molar-refractivity contribution in [3.63, 3.8) is 0 Å². The Labute approximate surface area is 159 Å². The van der Waals surface area contributed by atoms with Gasteiger partial charge in [-0.1, -0.05) is 0 Å². The van der Waals surface area contributed by atoms with Gasteiger partial charge in [0.05, 0.1) is 11.6 Å². The molecule has 0 saturated heterocycles. The number of benzene rings is 1. The molecule has 0 aliphatic heterocycles. The molecule has 0 fully saturated rings. The van der Waals surface area contributed by atoms with Gasteiger partial charge >= 0.3 is 0 Å². The Morgan fingerprint density at radius 1 is 1.22 bits per heavy atom. The van der Waals surface area contributed by atoms with Crippen LogP contribution in [0.3, 0.4) is 0 Å². The van der Waals surface area contributed by atoms with Gasteiger partial charge in [-0.15, -0.1) is 0 Å². The van der Waals surface area contributed by atoms with E-state index in [1.807, 2.05) is 45.0 Å². The zero-order valence-corrected chi connectivity index (χ0v) is 16.6. The number of pyridine rings is 1. The molecule has 0 saturated carbocycles. The largest absolute Gasteiger partial charge is 0.473 e. The number of nitrogens with one attached hydrogen (secondary N) is 2. The molecule has 2 N–H and O–H groups in total. The third-order valence-corrected chi connectivity index (χ3v) is 4.31. The molecule has 0 amide bonds. The van der Waals surface area contributed by atoms with Gasteiger partial charge in [-0.25, -0.2) is 19.2 Å².